The SMILES string of the molecule is CCCNc1ncc(C)c(OCc2cccc(OC)c2)n1. The van der Waals surface area contributed by atoms with E-state index in [9.17, 15) is 0 Å². The number of hydrogen-bond acceptors (Lipinski definition) is 5. The summed E-state index contributed by atoms with van der Waals surface area (Å²) in [6.45, 7) is 5.33. The van der Waals surface area contributed by atoms with E-state index >= 15 is 0 Å². The molecule has 0 atom stereocenters. The fourth-order valence-corrected chi connectivity index (χ4v) is 1.81. The van der Waals surface area contributed by atoms with Crippen molar-refractivity contribution >= 4 is 5.95 Å². The minimum absolute atomic E-state index is 0.447. The van der Waals surface area contributed by atoms with Gasteiger partial charge < -0.3 is 14.8 Å². The molecule has 112 valence electrons. The van der Waals surface area contributed by atoms with Crippen LogP contribution in [0, 0.1) is 6.92 Å². The molecule has 0 spiro atoms. The Morgan fingerprint density at radius 1 is 1.29 bits per heavy atom. The van der Waals surface area contributed by atoms with Gasteiger partial charge in [0.1, 0.15) is 12.4 Å². The van der Waals surface area contributed by atoms with Crippen LogP contribution in [0.4, 0.5) is 5.95 Å². The molecule has 0 aliphatic rings. The van der Waals surface area contributed by atoms with E-state index in [2.05, 4.69) is 22.2 Å². The minimum atomic E-state index is 0.447. The molecule has 1 aromatic carbocycles. The first-order chi connectivity index (χ1) is 10.2. The molecule has 2 rings (SSSR count). The zero-order valence-electron chi connectivity index (χ0n) is 12.7. The second-order valence-corrected chi connectivity index (χ2v) is 4.75. The summed E-state index contributed by atoms with van der Waals surface area (Å²) in [6.07, 6.45) is 2.79. The van der Waals surface area contributed by atoms with Crippen LogP contribution in [0.1, 0.15) is 24.5 Å². The highest BCUT2D eigenvalue weighted by molar-refractivity contribution is 5.33. The van der Waals surface area contributed by atoms with Crippen molar-refractivity contribution < 1.29 is 9.47 Å². The molecule has 0 aliphatic carbocycles. The van der Waals surface area contributed by atoms with Gasteiger partial charge in [0.15, 0.2) is 0 Å². The van der Waals surface area contributed by atoms with Gasteiger partial charge in [0.25, 0.3) is 0 Å². The van der Waals surface area contributed by atoms with Crippen molar-refractivity contribution in [2.45, 2.75) is 26.9 Å². The van der Waals surface area contributed by atoms with Crippen molar-refractivity contribution in [2.24, 2.45) is 0 Å². The van der Waals surface area contributed by atoms with Crippen LogP contribution in [0.3, 0.4) is 0 Å². The molecule has 5 nitrogen and oxygen atoms in total. The van der Waals surface area contributed by atoms with Gasteiger partial charge in [0, 0.05) is 18.3 Å². The lowest BCUT2D eigenvalue weighted by molar-refractivity contribution is 0.290. The second kappa shape index (κ2) is 7.47. The van der Waals surface area contributed by atoms with E-state index < -0.39 is 0 Å². The van der Waals surface area contributed by atoms with Gasteiger partial charge in [-0.05, 0) is 31.0 Å². The highest BCUT2D eigenvalue weighted by atomic mass is 16.5. The van der Waals surface area contributed by atoms with Crippen LogP contribution in [-0.4, -0.2) is 23.6 Å². The van der Waals surface area contributed by atoms with Gasteiger partial charge in [-0.25, -0.2) is 4.98 Å². The minimum Gasteiger partial charge on any atom is -0.497 e. The van der Waals surface area contributed by atoms with Crippen LogP contribution in [0.2, 0.25) is 0 Å². The number of hydrogen-bond donors (Lipinski definition) is 1. The molecule has 0 fully saturated rings. The number of nitrogens with zero attached hydrogens (tertiary/aromatic N) is 2. The number of anilines is 1. The highest BCUT2D eigenvalue weighted by Gasteiger charge is 2.05. The van der Waals surface area contributed by atoms with E-state index in [0.29, 0.717) is 18.4 Å². The summed E-state index contributed by atoms with van der Waals surface area (Å²) in [6, 6.07) is 7.80. The second-order valence-electron chi connectivity index (χ2n) is 4.75. The van der Waals surface area contributed by atoms with E-state index in [4.69, 9.17) is 9.47 Å². The summed E-state index contributed by atoms with van der Waals surface area (Å²) in [7, 11) is 1.65. The fraction of sp³-hybridized carbons (Fsp3) is 0.375. The summed E-state index contributed by atoms with van der Waals surface area (Å²) in [4.78, 5) is 8.63. The van der Waals surface area contributed by atoms with Gasteiger partial charge >= 0.3 is 0 Å². The molecule has 21 heavy (non-hydrogen) atoms. The molecular weight excluding hydrogens is 266 g/mol. The molecular formula is C16H21N3O2. The third kappa shape index (κ3) is 4.34. The largest absolute Gasteiger partial charge is 0.497 e. The Balaban J connectivity index is 2.04. The van der Waals surface area contributed by atoms with E-state index in [1.807, 2.05) is 31.2 Å². The predicted molar refractivity (Wildman–Crippen MR) is 82.9 cm³/mol. The van der Waals surface area contributed by atoms with Gasteiger partial charge in [0.05, 0.1) is 7.11 Å². The fourth-order valence-electron chi connectivity index (χ4n) is 1.81. The maximum absolute atomic E-state index is 5.80. The lowest BCUT2D eigenvalue weighted by atomic mass is 10.2. The maximum Gasteiger partial charge on any atom is 0.225 e. The van der Waals surface area contributed by atoms with E-state index in [-0.39, 0.29) is 0 Å². The van der Waals surface area contributed by atoms with Gasteiger partial charge in [-0.3, -0.25) is 0 Å². The Hall–Kier alpha value is -2.30. The molecule has 1 aromatic heterocycles. The van der Waals surface area contributed by atoms with Crippen molar-refractivity contribution in [3.63, 3.8) is 0 Å². The monoisotopic (exact) mass is 287 g/mol. The lowest BCUT2D eigenvalue weighted by Gasteiger charge is -2.10. The van der Waals surface area contributed by atoms with Crippen LogP contribution in [0.5, 0.6) is 11.6 Å². The van der Waals surface area contributed by atoms with E-state index in [0.717, 1.165) is 29.8 Å². The molecule has 0 amide bonds. The predicted octanol–water partition coefficient (Wildman–Crippen LogP) is 3.19. The molecule has 1 heterocycles. The average molecular weight is 287 g/mol. The Morgan fingerprint density at radius 3 is 2.90 bits per heavy atom. The highest BCUT2D eigenvalue weighted by Crippen LogP contribution is 2.18. The first-order valence-electron chi connectivity index (χ1n) is 7.06. The number of benzene rings is 1. The summed E-state index contributed by atoms with van der Waals surface area (Å²) in [5, 5.41) is 3.16. The Kier molecular flexibility index (Phi) is 5.37. The van der Waals surface area contributed by atoms with Gasteiger partial charge in [-0.2, -0.15) is 4.98 Å². The zero-order chi connectivity index (χ0) is 15.1. The number of aryl methyl sites for hydroxylation is 1. The topological polar surface area (TPSA) is 56.3 Å². The Labute approximate surface area is 125 Å². The number of aromatic nitrogens is 2. The quantitative estimate of drug-likeness (QED) is 0.847. The van der Waals surface area contributed by atoms with Gasteiger partial charge in [-0.15, -0.1) is 0 Å². The van der Waals surface area contributed by atoms with Crippen molar-refractivity contribution in [2.75, 3.05) is 19.0 Å². The lowest BCUT2D eigenvalue weighted by Crippen LogP contribution is -2.07. The average Bonchev–Trinajstić information content (AvgIpc) is 2.53. The Morgan fingerprint density at radius 2 is 2.14 bits per heavy atom. The molecule has 0 saturated carbocycles. The number of methoxy groups -OCH3 is 1. The summed E-state index contributed by atoms with van der Waals surface area (Å²) >= 11 is 0. The molecule has 2 aromatic rings. The normalized spacial score (nSPS) is 10.2. The summed E-state index contributed by atoms with van der Waals surface area (Å²) < 4.78 is 11.0. The third-order valence-electron chi connectivity index (χ3n) is 2.97. The summed E-state index contributed by atoms with van der Waals surface area (Å²) in [5.74, 6) is 2.02. The van der Waals surface area contributed by atoms with Crippen molar-refractivity contribution in [3.8, 4) is 11.6 Å². The molecule has 0 unspecified atom stereocenters. The molecule has 0 bridgehead atoms. The number of rotatable bonds is 7. The van der Waals surface area contributed by atoms with Crippen molar-refractivity contribution in [1.82, 2.24) is 9.97 Å². The van der Waals surface area contributed by atoms with Gasteiger partial charge in [-0.1, -0.05) is 19.1 Å². The van der Waals surface area contributed by atoms with Crippen LogP contribution in [-0.2, 0) is 6.61 Å². The molecule has 5 heteroatoms. The van der Waals surface area contributed by atoms with Crippen molar-refractivity contribution in [1.29, 1.82) is 0 Å². The standard InChI is InChI=1S/C16H21N3O2/c1-4-8-17-16-18-10-12(2)15(19-16)21-11-13-6-5-7-14(9-13)20-3/h5-7,9-10H,4,8,11H2,1-3H3,(H,17,18,19). The smallest absolute Gasteiger partial charge is 0.225 e. The third-order valence-corrected chi connectivity index (χ3v) is 2.97. The molecule has 0 radical (unpaired) electrons. The van der Waals surface area contributed by atoms with Crippen LogP contribution in [0.25, 0.3) is 0 Å². The molecule has 1 N–H and O–H groups in total. The maximum atomic E-state index is 5.80. The van der Waals surface area contributed by atoms with Crippen LogP contribution < -0.4 is 14.8 Å². The Bertz CT molecular complexity index is 587. The molecule has 0 saturated heterocycles. The van der Waals surface area contributed by atoms with E-state index in [1.54, 1.807) is 13.3 Å². The van der Waals surface area contributed by atoms with Gasteiger partial charge in [0.2, 0.25) is 11.8 Å². The summed E-state index contributed by atoms with van der Waals surface area (Å²) in [5.41, 5.74) is 1.95. The first kappa shape index (κ1) is 15.1. The van der Waals surface area contributed by atoms with Crippen molar-refractivity contribution in [3.05, 3.63) is 41.6 Å². The van der Waals surface area contributed by atoms with E-state index in [1.165, 1.54) is 0 Å². The first-order valence-corrected chi connectivity index (χ1v) is 7.06. The zero-order valence-corrected chi connectivity index (χ0v) is 12.7. The van der Waals surface area contributed by atoms with Crippen LogP contribution >= 0.6 is 0 Å². The van der Waals surface area contributed by atoms with Crippen LogP contribution in [0.15, 0.2) is 30.5 Å². The number of ether oxygens (including phenoxy) is 2. The number of nitrogens with one attached hydrogen (secondary N) is 1. The molecule has 0 aliphatic heterocycles.